The van der Waals surface area contributed by atoms with Crippen molar-refractivity contribution in [2.75, 3.05) is 0 Å². The van der Waals surface area contributed by atoms with Gasteiger partial charge in [-0.05, 0) is 6.08 Å². The van der Waals surface area contributed by atoms with Crippen molar-refractivity contribution in [3.05, 3.63) is 36.4 Å². The molecule has 1 N–H and O–H groups in total. The molecule has 0 atom stereocenters. The molecule has 1 nitrogen and oxygen atoms in total. The summed E-state index contributed by atoms with van der Waals surface area (Å²) in [6.45, 7) is 5.83. The Morgan fingerprint density at radius 2 is 2.00 bits per heavy atom. The Morgan fingerprint density at radius 3 is 2.10 bits per heavy atom. The van der Waals surface area contributed by atoms with Crippen LogP contribution in [0, 0.1) is 0 Å². The van der Waals surface area contributed by atoms with Crippen molar-refractivity contribution < 1.29 is 13.8 Å². The summed E-state index contributed by atoms with van der Waals surface area (Å²) in [6.07, 6.45) is 0.785. The van der Waals surface area contributed by atoms with Crippen LogP contribution in [0.15, 0.2) is 36.4 Å². The molecule has 0 fully saturated rings. The predicted octanol–water partition coefficient (Wildman–Crippen LogP) is 1.45. The monoisotopic (exact) mass is 143 g/mol. The van der Waals surface area contributed by atoms with Gasteiger partial charge < -0.3 is 5.02 Å². The van der Waals surface area contributed by atoms with Crippen LogP contribution < -0.4 is 0 Å². The molecule has 0 saturated heterocycles. The lowest BCUT2D eigenvalue weighted by atomic mass is 9.86. The van der Waals surface area contributed by atoms with E-state index < -0.39 is 17.1 Å². The van der Waals surface area contributed by atoms with Crippen molar-refractivity contribution in [2.45, 2.75) is 0 Å². The first-order chi connectivity index (χ1) is 4.63. The van der Waals surface area contributed by atoms with E-state index in [9.17, 15) is 8.78 Å². The zero-order valence-corrected chi connectivity index (χ0v) is 5.27. The van der Waals surface area contributed by atoms with Gasteiger partial charge in [-0.25, -0.2) is 8.78 Å². The SMILES string of the molecule is C=C/C(F)=C(/[B]O)C(=C)F. The van der Waals surface area contributed by atoms with Crippen LogP contribution >= 0.6 is 0 Å². The van der Waals surface area contributed by atoms with Gasteiger partial charge in [-0.2, -0.15) is 0 Å². The molecule has 0 spiro atoms. The second-order valence-electron chi connectivity index (χ2n) is 1.50. The average Bonchev–Trinajstić information content (AvgIpc) is 1.88. The molecule has 4 heteroatoms. The Morgan fingerprint density at radius 1 is 1.50 bits per heavy atom. The third-order valence-electron chi connectivity index (χ3n) is 0.858. The minimum atomic E-state index is -1.03. The Labute approximate surface area is 58.6 Å². The first kappa shape index (κ1) is 9.10. The van der Waals surface area contributed by atoms with Gasteiger partial charge in [0.1, 0.15) is 11.7 Å². The van der Waals surface area contributed by atoms with Crippen molar-refractivity contribution in [2.24, 2.45) is 0 Å². The minimum Gasteiger partial charge on any atom is -0.450 e. The molecule has 0 rings (SSSR count). The number of halogens is 2. The standard InChI is InChI=1S/C6H6BF2O/c1-3-5(9)6(7-10)4(2)8/h3,10H,1-2H2/b6-5-. The zero-order valence-electron chi connectivity index (χ0n) is 5.27. The summed E-state index contributed by atoms with van der Waals surface area (Å²) >= 11 is 0. The van der Waals surface area contributed by atoms with E-state index in [-0.39, 0.29) is 0 Å². The molecule has 0 aromatic rings. The zero-order chi connectivity index (χ0) is 8.15. The molecule has 0 bridgehead atoms. The second-order valence-corrected chi connectivity index (χ2v) is 1.50. The van der Waals surface area contributed by atoms with Crippen LogP contribution in [-0.2, 0) is 0 Å². The highest BCUT2D eigenvalue weighted by molar-refractivity contribution is 6.38. The van der Waals surface area contributed by atoms with E-state index in [1.807, 2.05) is 0 Å². The molecular formula is C6H6BF2O. The summed E-state index contributed by atoms with van der Waals surface area (Å²) in [5.41, 5.74) is -0.574. The Bertz CT molecular complexity index is 186. The number of hydrogen-bond donors (Lipinski definition) is 1. The van der Waals surface area contributed by atoms with Gasteiger partial charge in [-0.1, -0.05) is 13.2 Å². The summed E-state index contributed by atoms with van der Waals surface area (Å²) in [5, 5.41) is 8.23. The van der Waals surface area contributed by atoms with Crippen LogP contribution in [0.1, 0.15) is 0 Å². The topological polar surface area (TPSA) is 20.2 Å². The third kappa shape index (κ3) is 2.15. The highest BCUT2D eigenvalue weighted by Crippen LogP contribution is 2.13. The summed E-state index contributed by atoms with van der Waals surface area (Å²) in [6, 6.07) is 0. The van der Waals surface area contributed by atoms with E-state index >= 15 is 0 Å². The molecule has 0 saturated carbocycles. The van der Waals surface area contributed by atoms with Gasteiger partial charge in [0.05, 0.1) is 0 Å². The third-order valence-corrected chi connectivity index (χ3v) is 0.858. The van der Waals surface area contributed by atoms with E-state index in [1.54, 1.807) is 0 Å². The maximum Gasteiger partial charge on any atom is 0.332 e. The van der Waals surface area contributed by atoms with Crippen molar-refractivity contribution in [1.82, 2.24) is 0 Å². The van der Waals surface area contributed by atoms with E-state index in [2.05, 4.69) is 13.2 Å². The second kappa shape index (κ2) is 4.01. The maximum atomic E-state index is 12.3. The minimum absolute atomic E-state index is 0.305. The smallest absolute Gasteiger partial charge is 0.332 e. The summed E-state index contributed by atoms with van der Waals surface area (Å²) in [5.74, 6) is -1.96. The molecule has 0 aliphatic carbocycles. The van der Waals surface area contributed by atoms with Crippen molar-refractivity contribution in [1.29, 1.82) is 0 Å². The van der Waals surface area contributed by atoms with E-state index in [4.69, 9.17) is 5.02 Å². The molecule has 0 amide bonds. The van der Waals surface area contributed by atoms with Gasteiger partial charge in [0, 0.05) is 5.47 Å². The van der Waals surface area contributed by atoms with Crippen molar-refractivity contribution >= 4 is 7.48 Å². The van der Waals surface area contributed by atoms with E-state index in [1.165, 1.54) is 0 Å². The molecule has 0 heterocycles. The van der Waals surface area contributed by atoms with Crippen LogP contribution in [0.4, 0.5) is 8.78 Å². The first-order valence-corrected chi connectivity index (χ1v) is 2.48. The van der Waals surface area contributed by atoms with Gasteiger partial charge >= 0.3 is 7.48 Å². The molecule has 0 aliphatic heterocycles. The Balaban J connectivity index is 4.62. The van der Waals surface area contributed by atoms with Crippen LogP contribution in [-0.4, -0.2) is 12.5 Å². The van der Waals surface area contributed by atoms with Gasteiger partial charge in [-0.3, -0.25) is 0 Å². The summed E-state index contributed by atoms with van der Waals surface area (Å²) < 4.78 is 24.4. The molecule has 53 valence electrons. The summed E-state index contributed by atoms with van der Waals surface area (Å²) in [4.78, 5) is 0. The lowest BCUT2D eigenvalue weighted by molar-refractivity contribution is 0.585. The number of allylic oxidation sites excluding steroid dienone is 4. The molecule has 0 unspecified atom stereocenters. The highest BCUT2D eigenvalue weighted by atomic mass is 19.1. The van der Waals surface area contributed by atoms with E-state index in [0.29, 0.717) is 7.48 Å². The maximum absolute atomic E-state index is 12.3. The van der Waals surface area contributed by atoms with Crippen LogP contribution in [0.2, 0.25) is 0 Å². The van der Waals surface area contributed by atoms with Gasteiger partial charge in [0.15, 0.2) is 0 Å². The van der Waals surface area contributed by atoms with Crippen molar-refractivity contribution in [3.63, 3.8) is 0 Å². The predicted molar refractivity (Wildman–Crippen MR) is 36.6 cm³/mol. The largest absolute Gasteiger partial charge is 0.450 e. The fourth-order valence-corrected chi connectivity index (χ4v) is 0.371. The molecular weight excluding hydrogens is 137 g/mol. The van der Waals surface area contributed by atoms with Crippen LogP contribution in [0.5, 0.6) is 0 Å². The van der Waals surface area contributed by atoms with Gasteiger partial charge in [0.2, 0.25) is 0 Å². The summed E-state index contributed by atoms with van der Waals surface area (Å²) in [7, 11) is 0.305. The van der Waals surface area contributed by atoms with Gasteiger partial charge in [-0.15, -0.1) is 0 Å². The van der Waals surface area contributed by atoms with Crippen molar-refractivity contribution in [3.8, 4) is 0 Å². The Kier molecular flexibility index (Phi) is 3.65. The van der Waals surface area contributed by atoms with E-state index in [0.717, 1.165) is 6.08 Å². The van der Waals surface area contributed by atoms with Crippen LogP contribution in [0.3, 0.4) is 0 Å². The molecule has 1 radical (unpaired) electrons. The highest BCUT2D eigenvalue weighted by Gasteiger charge is 2.07. The lowest BCUT2D eigenvalue weighted by Crippen LogP contribution is -1.96. The average molecular weight is 143 g/mol. The lowest BCUT2D eigenvalue weighted by Gasteiger charge is -1.96. The fourth-order valence-electron chi connectivity index (χ4n) is 0.371. The molecule has 0 aliphatic rings. The number of hydrogen-bond acceptors (Lipinski definition) is 1. The Hall–Kier alpha value is -0.895. The quantitative estimate of drug-likeness (QED) is 0.468. The number of rotatable bonds is 3. The van der Waals surface area contributed by atoms with Crippen LogP contribution in [0.25, 0.3) is 0 Å². The van der Waals surface area contributed by atoms with Gasteiger partial charge in [0.25, 0.3) is 0 Å². The fraction of sp³-hybridized carbons (Fsp3) is 0. The first-order valence-electron chi connectivity index (χ1n) is 2.48. The normalized spacial score (nSPS) is 11.9. The molecule has 10 heavy (non-hydrogen) atoms. The molecule has 0 aromatic heterocycles. The molecule has 0 aromatic carbocycles.